The van der Waals surface area contributed by atoms with Gasteiger partial charge in [0.25, 0.3) is 5.91 Å². The molecule has 2 saturated heterocycles. The van der Waals surface area contributed by atoms with Gasteiger partial charge in [0.05, 0.1) is 24.6 Å². The number of nitrogens with zero attached hydrogens (tertiary/aromatic N) is 3. The molecule has 0 radical (unpaired) electrons. The van der Waals surface area contributed by atoms with Crippen LogP contribution in [-0.2, 0) is 14.3 Å². The van der Waals surface area contributed by atoms with Crippen molar-refractivity contribution in [1.82, 2.24) is 14.8 Å². The number of piperidine rings is 2. The van der Waals surface area contributed by atoms with Crippen LogP contribution in [0.15, 0.2) is 29.6 Å². The number of methoxy groups -OCH3 is 1. The quantitative estimate of drug-likeness (QED) is 0.350. The van der Waals surface area contributed by atoms with Crippen LogP contribution in [0.3, 0.4) is 0 Å². The van der Waals surface area contributed by atoms with E-state index >= 15 is 0 Å². The van der Waals surface area contributed by atoms with Crippen molar-refractivity contribution in [2.75, 3.05) is 39.9 Å². The Morgan fingerprint density at radius 1 is 1.00 bits per heavy atom. The summed E-state index contributed by atoms with van der Waals surface area (Å²) in [6.07, 6.45) is 3.41. The highest BCUT2D eigenvalue weighted by Gasteiger charge is 2.32. The average Bonchev–Trinajstić information content (AvgIpc) is 3.46. The molecule has 10 heteroatoms. The van der Waals surface area contributed by atoms with E-state index in [9.17, 15) is 19.2 Å². The Morgan fingerprint density at radius 3 is 2.42 bits per heavy atom. The molecule has 0 bridgehead atoms. The van der Waals surface area contributed by atoms with Crippen molar-refractivity contribution >= 4 is 34.9 Å². The molecular formula is C28H35N3O6S. The molecule has 0 aliphatic carbocycles. The maximum absolute atomic E-state index is 13.1. The van der Waals surface area contributed by atoms with Crippen molar-refractivity contribution < 1.29 is 28.7 Å². The highest BCUT2D eigenvalue weighted by molar-refractivity contribution is 7.09. The Balaban J connectivity index is 1.24. The molecule has 1 aromatic heterocycles. The van der Waals surface area contributed by atoms with E-state index in [0.29, 0.717) is 49.8 Å². The summed E-state index contributed by atoms with van der Waals surface area (Å²) in [6, 6.07) is 6.91. The maximum atomic E-state index is 13.1. The Hall–Kier alpha value is -3.27. The first-order valence-electron chi connectivity index (χ1n) is 13.3. The van der Waals surface area contributed by atoms with E-state index in [4.69, 9.17) is 9.47 Å². The van der Waals surface area contributed by atoms with Gasteiger partial charge >= 0.3 is 5.97 Å². The van der Waals surface area contributed by atoms with Crippen molar-refractivity contribution in [3.05, 3.63) is 45.9 Å². The number of thiazole rings is 1. The number of esters is 1. The first kappa shape index (κ1) is 27.8. The lowest BCUT2D eigenvalue weighted by atomic mass is 9.97. The van der Waals surface area contributed by atoms with Gasteiger partial charge in [0.15, 0.2) is 5.78 Å². The molecule has 38 heavy (non-hydrogen) atoms. The molecule has 1 unspecified atom stereocenters. The third kappa shape index (κ3) is 6.78. The van der Waals surface area contributed by atoms with Crippen LogP contribution in [-0.4, -0.2) is 78.2 Å². The summed E-state index contributed by atoms with van der Waals surface area (Å²) in [5.74, 6) is 0.149. The predicted molar refractivity (Wildman–Crippen MR) is 142 cm³/mol. The number of rotatable bonds is 9. The zero-order valence-electron chi connectivity index (χ0n) is 22.0. The van der Waals surface area contributed by atoms with Crippen molar-refractivity contribution in [1.29, 1.82) is 0 Å². The van der Waals surface area contributed by atoms with E-state index in [1.165, 1.54) is 11.3 Å². The van der Waals surface area contributed by atoms with E-state index in [1.54, 1.807) is 48.6 Å². The smallest absolute Gasteiger partial charge is 0.310 e. The van der Waals surface area contributed by atoms with Crippen molar-refractivity contribution in [2.45, 2.75) is 51.4 Å². The van der Waals surface area contributed by atoms with Crippen LogP contribution in [0.2, 0.25) is 0 Å². The standard InChI is InChI=1S/C28H35N3O6S/c1-3-37-28(35)21-5-4-14-31(17-21)27(34)23-18-38-26(29-23)20-12-15-30(16-13-20)25(33)11-10-24(32)19-6-8-22(36-2)9-7-19/h6-9,18,20-21H,3-5,10-17H2,1-2H3. The largest absolute Gasteiger partial charge is 0.497 e. The minimum absolute atomic E-state index is 0.0124. The number of carbonyl (C=O) groups excluding carboxylic acids is 4. The van der Waals surface area contributed by atoms with E-state index in [2.05, 4.69) is 4.98 Å². The van der Waals surface area contributed by atoms with Gasteiger partial charge in [0.2, 0.25) is 5.91 Å². The summed E-state index contributed by atoms with van der Waals surface area (Å²) in [5, 5.41) is 2.71. The third-order valence-electron chi connectivity index (χ3n) is 7.24. The number of amides is 2. The van der Waals surface area contributed by atoms with Crippen LogP contribution < -0.4 is 4.74 Å². The molecule has 0 N–H and O–H groups in total. The van der Waals surface area contributed by atoms with Gasteiger partial charge in [0.1, 0.15) is 11.4 Å². The molecule has 2 fully saturated rings. The van der Waals surface area contributed by atoms with E-state index < -0.39 is 0 Å². The normalized spacial score (nSPS) is 18.2. The number of hydrogen-bond donors (Lipinski definition) is 0. The fourth-order valence-electron chi connectivity index (χ4n) is 5.03. The fraction of sp³-hybridized carbons (Fsp3) is 0.536. The summed E-state index contributed by atoms with van der Waals surface area (Å²) < 4.78 is 10.3. The molecule has 2 aliphatic rings. The SMILES string of the molecule is CCOC(=O)C1CCCN(C(=O)c2csc(C3CCN(C(=O)CCC(=O)c4ccc(OC)cc4)CC3)n2)C1. The molecular weight excluding hydrogens is 506 g/mol. The summed E-state index contributed by atoms with van der Waals surface area (Å²) in [7, 11) is 1.57. The Bertz CT molecular complexity index is 1140. The molecule has 0 spiro atoms. The number of Topliss-reactive ketones (excluding diaryl/α,β-unsaturated/α-hetero) is 1. The lowest BCUT2D eigenvalue weighted by Crippen LogP contribution is -2.43. The second-order valence-corrected chi connectivity index (χ2v) is 10.6. The van der Waals surface area contributed by atoms with Gasteiger partial charge < -0.3 is 19.3 Å². The predicted octanol–water partition coefficient (Wildman–Crippen LogP) is 3.94. The zero-order chi connectivity index (χ0) is 27.1. The molecule has 1 atom stereocenters. The van der Waals surface area contributed by atoms with Crippen LogP contribution in [0.5, 0.6) is 5.75 Å². The topological polar surface area (TPSA) is 106 Å². The number of aromatic nitrogens is 1. The minimum Gasteiger partial charge on any atom is -0.497 e. The fourth-order valence-corrected chi connectivity index (χ4v) is 5.99. The van der Waals surface area contributed by atoms with Gasteiger partial charge in [-0.3, -0.25) is 19.2 Å². The molecule has 4 rings (SSSR count). The van der Waals surface area contributed by atoms with Crippen LogP contribution in [0.25, 0.3) is 0 Å². The number of ether oxygens (including phenoxy) is 2. The maximum Gasteiger partial charge on any atom is 0.310 e. The number of likely N-dealkylation sites (tertiary alicyclic amines) is 2. The van der Waals surface area contributed by atoms with Crippen LogP contribution in [0.4, 0.5) is 0 Å². The van der Waals surface area contributed by atoms with E-state index in [0.717, 1.165) is 30.7 Å². The lowest BCUT2D eigenvalue weighted by Gasteiger charge is -2.31. The van der Waals surface area contributed by atoms with Gasteiger partial charge in [-0.1, -0.05) is 0 Å². The summed E-state index contributed by atoms with van der Waals surface area (Å²) in [6.45, 7) is 4.32. The minimum atomic E-state index is -0.279. The molecule has 2 amide bonds. The summed E-state index contributed by atoms with van der Waals surface area (Å²) in [5.41, 5.74) is 0.998. The number of carbonyl (C=O) groups is 4. The molecule has 9 nitrogen and oxygen atoms in total. The highest BCUT2D eigenvalue weighted by atomic mass is 32.1. The second-order valence-electron chi connectivity index (χ2n) is 9.72. The van der Waals surface area contributed by atoms with E-state index in [-0.39, 0.29) is 48.2 Å². The first-order valence-corrected chi connectivity index (χ1v) is 14.1. The number of ketones is 1. The third-order valence-corrected chi connectivity index (χ3v) is 8.25. The van der Waals surface area contributed by atoms with Gasteiger partial charge in [-0.05, 0) is 56.9 Å². The second kappa shape index (κ2) is 13.0. The molecule has 204 valence electrons. The first-order chi connectivity index (χ1) is 18.4. The lowest BCUT2D eigenvalue weighted by molar-refractivity contribution is -0.149. The zero-order valence-corrected chi connectivity index (χ0v) is 22.8. The average molecular weight is 542 g/mol. The Kier molecular flexibility index (Phi) is 9.49. The van der Waals surface area contributed by atoms with Crippen molar-refractivity contribution in [3.63, 3.8) is 0 Å². The number of benzene rings is 1. The molecule has 3 heterocycles. The Morgan fingerprint density at radius 2 is 1.74 bits per heavy atom. The van der Waals surface area contributed by atoms with E-state index in [1.807, 2.05) is 4.90 Å². The van der Waals surface area contributed by atoms with Crippen LogP contribution >= 0.6 is 11.3 Å². The van der Waals surface area contributed by atoms with Gasteiger partial charge in [-0.15, -0.1) is 11.3 Å². The van der Waals surface area contributed by atoms with Crippen LogP contribution in [0, 0.1) is 5.92 Å². The highest BCUT2D eigenvalue weighted by Crippen LogP contribution is 2.31. The van der Waals surface area contributed by atoms with Crippen molar-refractivity contribution in [2.24, 2.45) is 5.92 Å². The van der Waals surface area contributed by atoms with Crippen molar-refractivity contribution in [3.8, 4) is 5.75 Å². The summed E-state index contributed by atoms with van der Waals surface area (Å²) in [4.78, 5) is 58.5. The van der Waals surface area contributed by atoms with Gasteiger partial charge in [0, 0.05) is 55.9 Å². The molecule has 0 saturated carbocycles. The molecule has 2 aliphatic heterocycles. The van der Waals surface area contributed by atoms with Crippen LogP contribution in [0.1, 0.15) is 77.2 Å². The van der Waals surface area contributed by atoms with Gasteiger partial charge in [-0.2, -0.15) is 0 Å². The Labute approximate surface area is 227 Å². The molecule has 1 aromatic carbocycles. The summed E-state index contributed by atoms with van der Waals surface area (Å²) >= 11 is 1.48. The monoisotopic (exact) mass is 541 g/mol. The molecule has 2 aromatic rings. The number of hydrogen-bond acceptors (Lipinski definition) is 8. The van der Waals surface area contributed by atoms with Gasteiger partial charge in [-0.25, -0.2) is 4.98 Å².